The van der Waals surface area contributed by atoms with Crippen LogP contribution in [-0.4, -0.2) is 29.1 Å². The van der Waals surface area contributed by atoms with E-state index in [1.54, 1.807) is 13.1 Å². The fourth-order valence-corrected chi connectivity index (χ4v) is 2.17. The molecule has 0 unspecified atom stereocenters. The van der Waals surface area contributed by atoms with Crippen LogP contribution in [0.2, 0.25) is 0 Å². The summed E-state index contributed by atoms with van der Waals surface area (Å²) in [5.41, 5.74) is 0.837. The molecule has 0 saturated heterocycles. The molecule has 21 heavy (non-hydrogen) atoms. The highest BCUT2D eigenvalue weighted by atomic mass is 79.9. The minimum absolute atomic E-state index is 0.114. The van der Waals surface area contributed by atoms with E-state index >= 15 is 0 Å². The van der Waals surface area contributed by atoms with Gasteiger partial charge in [-0.3, -0.25) is 4.79 Å². The van der Waals surface area contributed by atoms with E-state index in [2.05, 4.69) is 15.9 Å². The number of phenols is 1. The smallest absolute Gasteiger partial charge is 0.335 e. The minimum Gasteiger partial charge on any atom is -0.507 e. The highest BCUT2D eigenvalue weighted by Gasteiger charge is 2.17. The molecule has 0 heterocycles. The molecule has 5 nitrogen and oxygen atoms in total. The summed E-state index contributed by atoms with van der Waals surface area (Å²) in [4.78, 5) is 24.5. The van der Waals surface area contributed by atoms with Gasteiger partial charge in [-0.25, -0.2) is 4.79 Å². The van der Waals surface area contributed by atoms with Crippen LogP contribution in [0.1, 0.15) is 20.7 Å². The fraction of sp³-hybridized carbons (Fsp3) is 0.0667. The van der Waals surface area contributed by atoms with Gasteiger partial charge in [0.2, 0.25) is 0 Å². The lowest BCUT2D eigenvalue weighted by molar-refractivity contribution is 0.0696. The highest BCUT2D eigenvalue weighted by molar-refractivity contribution is 9.10. The molecule has 0 radical (unpaired) electrons. The molecule has 2 rings (SSSR count). The highest BCUT2D eigenvalue weighted by Crippen LogP contribution is 2.25. The molecule has 0 spiro atoms. The second-order valence-electron chi connectivity index (χ2n) is 4.38. The summed E-state index contributed by atoms with van der Waals surface area (Å²) in [6.45, 7) is 0. The van der Waals surface area contributed by atoms with Crippen LogP contribution in [-0.2, 0) is 0 Å². The van der Waals surface area contributed by atoms with Crippen LogP contribution in [0.4, 0.5) is 5.69 Å². The van der Waals surface area contributed by atoms with E-state index in [4.69, 9.17) is 5.11 Å². The Bertz CT molecular complexity index is 697. The van der Waals surface area contributed by atoms with E-state index in [1.165, 1.54) is 41.3 Å². The number of carbonyl (C=O) groups is 2. The molecule has 0 bridgehead atoms. The number of hydrogen-bond donors (Lipinski definition) is 2. The maximum atomic E-state index is 12.4. The predicted octanol–water partition coefficient (Wildman–Crippen LogP) is 3.13. The molecule has 1 amide bonds. The number of benzene rings is 2. The second-order valence-corrected chi connectivity index (χ2v) is 5.29. The molecular formula is C15H12BrNO4. The average Bonchev–Trinajstić information content (AvgIpc) is 2.48. The van der Waals surface area contributed by atoms with E-state index in [9.17, 15) is 14.7 Å². The Morgan fingerprint density at radius 1 is 1.10 bits per heavy atom. The Morgan fingerprint density at radius 3 is 2.29 bits per heavy atom. The second kappa shape index (κ2) is 5.97. The number of carboxylic acid groups (broad SMARTS) is 1. The molecule has 2 N–H and O–H groups in total. The van der Waals surface area contributed by atoms with Crippen LogP contribution >= 0.6 is 15.9 Å². The van der Waals surface area contributed by atoms with Crippen LogP contribution < -0.4 is 4.90 Å². The van der Waals surface area contributed by atoms with E-state index in [1.807, 2.05) is 0 Å². The topological polar surface area (TPSA) is 77.8 Å². The predicted molar refractivity (Wildman–Crippen MR) is 81.9 cm³/mol. The number of rotatable bonds is 3. The fourth-order valence-electron chi connectivity index (χ4n) is 1.81. The normalized spacial score (nSPS) is 10.2. The molecule has 2 aromatic rings. The zero-order chi connectivity index (χ0) is 15.6. The first-order valence-electron chi connectivity index (χ1n) is 6.00. The summed E-state index contributed by atoms with van der Waals surface area (Å²) in [7, 11) is 1.55. The number of amides is 1. The van der Waals surface area contributed by atoms with Crippen LogP contribution in [0.5, 0.6) is 5.75 Å². The van der Waals surface area contributed by atoms with Crippen LogP contribution in [0.15, 0.2) is 46.9 Å². The van der Waals surface area contributed by atoms with Gasteiger partial charge in [0.15, 0.2) is 0 Å². The SMILES string of the molecule is CN(C(=O)c1cc(Br)ccc1O)c1ccc(C(=O)O)cc1. The molecule has 0 aliphatic rings. The summed E-state index contributed by atoms with van der Waals surface area (Å²) in [6, 6.07) is 10.5. The first-order chi connectivity index (χ1) is 9.90. The summed E-state index contributed by atoms with van der Waals surface area (Å²) < 4.78 is 0.679. The molecule has 0 fully saturated rings. The Kier molecular flexibility index (Phi) is 4.28. The first-order valence-corrected chi connectivity index (χ1v) is 6.79. The molecule has 0 saturated carbocycles. The Hall–Kier alpha value is -2.34. The number of aromatic hydroxyl groups is 1. The number of hydrogen-bond acceptors (Lipinski definition) is 3. The van der Waals surface area contributed by atoms with Crippen molar-refractivity contribution in [1.82, 2.24) is 0 Å². The van der Waals surface area contributed by atoms with Crippen molar-refractivity contribution in [3.63, 3.8) is 0 Å². The van der Waals surface area contributed by atoms with E-state index < -0.39 is 11.9 Å². The lowest BCUT2D eigenvalue weighted by Crippen LogP contribution is -2.26. The largest absolute Gasteiger partial charge is 0.507 e. The molecule has 2 aromatic carbocycles. The maximum Gasteiger partial charge on any atom is 0.335 e. The van der Waals surface area contributed by atoms with Crippen molar-refractivity contribution >= 4 is 33.5 Å². The molecule has 6 heteroatoms. The number of carboxylic acids is 1. The van der Waals surface area contributed by atoms with Gasteiger partial charge in [0, 0.05) is 17.2 Å². The van der Waals surface area contributed by atoms with E-state index in [-0.39, 0.29) is 16.9 Å². The monoisotopic (exact) mass is 349 g/mol. The van der Waals surface area contributed by atoms with E-state index in [0.717, 1.165) is 0 Å². The summed E-state index contributed by atoms with van der Waals surface area (Å²) in [5, 5.41) is 18.6. The quantitative estimate of drug-likeness (QED) is 0.892. The van der Waals surface area contributed by atoms with Crippen molar-refractivity contribution in [2.45, 2.75) is 0 Å². The van der Waals surface area contributed by atoms with Crippen LogP contribution in [0, 0.1) is 0 Å². The molecule has 0 aliphatic heterocycles. The Balaban J connectivity index is 2.30. The summed E-state index contributed by atoms with van der Waals surface area (Å²) in [5.74, 6) is -1.53. The summed E-state index contributed by atoms with van der Waals surface area (Å²) in [6.07, 6.45) is 0. The number of carbonyl (C=O) groups excluding carboxylic acids is 1. The van der Waals surface area contributed by atoms with Crippen molar-refractivity contribution in [1.29, 1.82) is 0 Å². The van der Waals surface area contributed by atoms with Gasteiger partial charge in [0.05, 0.1) is 11.1 Å². The van der Waals surface area contributed by atoms with Crippen LogP contribution in [0.25, 0.3) is 0 Å². The van der Waals surface area contributed by atoms with Gasteiger partial charge in [-0.1, -0.05) is 15.9 Å². The van der Waals surface area contributed by atoms with Gasteiger partial charge < -0.3 is 15.1 Å². The van der Waals surface area contributed by atoms with Crippen molar-refractivity contribution in [2.75, 3.05) is 11.9 Å². The molecular weight excluding hydrogens is 338 g/mol. The van der Waals surface area contributed by atoms with Gasteiger partial charge >= 0.3 is 5.97 Å². The lowest BCUT2D eigenvalue weighted by atomic mass is 10.1. The first kappa shape index (κ1) is 15.1. The third kappa shape index (κ3) is 3.22. The van der Waals surface area contributed by atoms with Gasteiger partial charge in [-0.2, -0.15) is 0 Å². The zero-order valence-electron chi connectivity index (χ0n) is 11.1. The van der Waals surface area contributed by atoms with Crippen molar-refractivity contribution in [3.8, 4) is 5.75 Å². The maximum absolute atomic E-state index is 12.4. The molecule has 108 valence electrons. The number of aromatic carboxylic acids is 1. The lowest BCUT2D eigenvalue weighted by Gasteiger charge is -2.18. The van der Waals surface area contributed by atoms with Crippen molar-refractivity contribution in [3.05, 3.63) is 58.1 Å². The third-order valence-electron chi connectivity index (χ3n) is 3.00. The zero-order valence-corrected chi connectivity index (χ0v) is 12.7. The minimum atomic E-state index is -1.03. The average molecular weight is 350 g/mol. The number of nitrogens with zero attached hydrogens (tertiary/aromatic N) is 1. The standard InChI is InChI=1S/C15H12BrNO4/c1-17(11-5-2-9(3-6-11)15(20)21)14(19)12-8-10(16)4-7-13(12)18/h2-8,18H,1H3,(H,20,21). The van der Waals surface area contributed by atoms with E-state index in [0.29, 0.717) is 10.2 Å². The summed E-state index contributed by atoms with van der Waals surface area (Å²) >= 11 is 3.25. The van der Waals surface area contributed by atoms with Crippen molar-refractivity contribution in [2.24, 2.45) is 0 Å². The Labute approximate surface area is 129 Å². The van der Waals surface area contributed by atoms with Crippen molar-refractivity contribution < 1.29 is 19.8 Å². The van der Waals surface area contributed by atoms with Crippen LogP contribution in [0.3, 0.4) is 0 Å². The molecule has 0 atom stereocenters. The van der Waals surface area contributed by atoms with Gasteiger partial charge in [-0.15, -0.1) is 0 Å². The Morgan fingerprint density at radius 2 is 1.71 bits per heavy atom. The van der Waals surface area contributed by atoms with Gasteiger partial charge in [-0.05, 0) is 42.5 Å². The van der Waals surface area contributed by atoms with Gasteiger partial charge in [0.25, 0.3) is 5.91 Å². The number of phenolic OH excluding ortho intramolecular Hbond substituents is 1. The third-order valence-corrected chi connectivity index (χ3v) is 3.49. The molecule has 0 aromatic heterocycles. The number of anilines is 1. The molecule has 0 aliphatic carbocycles. The van der Waals surface area contributed by atoms with Gasteiger partial charge in [0.1, 0.15) is 5.75 Å². The number of halogens is 1.